The SMILES string of the molecule is COCCNCC1(CN2CCC(OC)C2)CCC(C)CC1. The van der Waals surface area contributed by atoms with Crippen molar-refractivity contribution < 1.29 is 9.47 Å². The zero-order valence-electron chi connectivity index (χ0n) is 14.2. The lowest BCUT2D eigenvalue weighted by Crippen LogP contribution is -2.46. The Hall–Kier alpha value is -0.160. The van der Waals surface area contributed by atoms with Crippen molar-refractivity contribution in [3.8, 4) is 0 Å². The van der Waals surface area contributed by atoms with Crippen molar-refractivity contribution in [2.45, 2.75) is 45.1 Å². The van der Waals surface area contributed by atoms with Gasteiger partial charge >= 0.3 is 0 Å². The maximum Gasteiger partial charge on any atom is 0.0710 e. The van der Waals surface area contributed by atoms with Gasteiger partial charge in [0.2, 0.25) is 0 Å². The summed E-state index contributed by atoms with van der Waals surface area (Å²) in [6, 6.07) is 0. The molecule has 0 radical (unpaired) electrons. The van der Waals surface area contributed by atoms with Crippen LogP contribution in [0.4, 0.5) is 0 Å². The topological polar surface area (TPSA) is 33.7 Å². The van der Waals surface area contributed by atoms with Gasteiger partial charge < -0.3 is 19.7 Å². The van der Waals surface area contributed by atoms with Crippen LogP contribution in [0.25, 0.3) is 0 Å². The minimum absolute atomic E-state index is 0.450. The smallest absolute Gasteiger partial charge is 0.0710 e. The van der Waals surface area contributed by atoms with Crippen molar-refractivity contribution in [2.24, 2.45) is 11.3 Å². The molecule has 2 aliphatic rings. The summed E-state index contributed by atoms with van der Waals surface area (Å²) in [5.74, 6) is 0.905. The van der Waals surface area contributed by atoms with E-state index in [0.29, 0.717) is 11.5 Å². The lowest BCUT2D eigenvalue weighted by molar-refractivity contribution is 0.0741. The first kappa shape index (κ1) is 17.2. The molecule has 2 fully saturated rings. The van der Waals surface area contributed by atoms with Gasteiger partial charge in [0.15, 0.2) is 0 Å². The molecule has 1 N–H and O–H groups in total. The number of ether oxygens (including phenoxy) is 2. The molecule has 4 heteroatoms. The van der Waals surface area contributed by atoms with E-state index in [1.54, 1.807) is 7.11 Å². The van der Waals surface area contributed by atoms with Crippen LogP contribution in [0.2, 0.25) is 0 Å². The normalized spacial score (nSPS) is 34.4. The third-order valence-corrected chi connectivity index (χ3v) is 5.44. The molecule has 1 saturated heterocycles. The molecule has 21 heavy (non-hydrogen) atoms. The minimum Gasteiger partial charge on any atom is -0.383 e. The zero-order valence-corrected chi connectivity index (χ0v) is 14.2. The Morgan fingerprint density at radius 1 is 1.19 bits per heavy atom. The van der Waals surface area contributed by atoms with Crippen LogP contribution in [0.5, 0.6) is 0 Å². The van der Waals surface area contributed by atoms with E-state index in [2.05, 4.69) is 17.1 Å². The lowest BCUT2D eigenvalue weighted by atomic mass is 9.70. The monoisotopic (exact) mass is 298 g/mol. The second-order valence-electron chi connectivity index (χ2n) is 7.23. The molecule has 4 nitrogen and oxygen atoms in total. The average molecular weight is 298 g/mol. The van der Waals surface area contributed by atoms with Crippen molar-refractivity contribution in [1.29, 1.82) is 0 Å². The van der Waals surface area contributed by atoms with Crippen LogP contribution in [0.1, 0.15) is 39.0 Å². The Bertz CT molecular complexity index is 291. The standard InChI is InChI=1S/C17H34N2O2/c1-15-4-7-17(8-5-15,13-18-9-11-20-2)14-19-10-6-16(12-19)21-3/h15-16,18H,4-14H2,1-3H3. The summed E-state index contributed by atoms with van der Waals surface area (Å²) in [5.41, 5.74) is 0.461. The highest BCUT2D eigenvalue weighted by atomic mass is 16.5. The predicted octanol–water partition coefficient (Wildman–Crippen LogP) is 2.14. The summed E-state index contributed by atoms with van der Waals surface area (Å²) in [5, 5.41) is 3.63. The highest BCUT2D eigenvalue weighted by molar-refractivity contribution is 4.91. The van der Waals surface area contributed by atoms with Crippen molar-refractivity contribution in [3.05, 3.63) is 0 Å². The molecule has 1 heterocycles. The zero-order chi connectivity index (χ0) is 15.1. The molecule has 1 unspecified atom stereocenters. The number of hydrogen-bond donors (Lipinski definition) is 1. The van der Waals surface area contributed by atoms with Gasteiger partial charge in [0.05, 0.1) is 12.7 Å². The molecule has 1 aliphatic carbocycles. The van der Waals surface area contributed by atoms with Gasteiger partial charge in [0, 0.05) is 46.9 Å². The molecule has 0 amide bonds. The molecular weight excluding hydrogens is 264 g/mol. The largest absolute Gasteiger partial charge is 0.383 e. The first-order valence-corrected chi connectivity index (χ1v) is 8.62. The third kappa shape index (κ3) is 5.20. The van der Waals surface area contributed by atoms with E-state index < -0.39 is 0 Å². The highest BCUT2D eigenvalue weighted by Crippen LogP contribution is 2.39. The molecule has 0 spiro atoms. The van der Waals surface area contributed by atoms with E-state index in [9.17, 15) is 0 Å². The summed E-state index contributed by atoms with van der Waals surface area (Å²) < 4.78 is 10.7. The number of methoxy groups -OCH3 is 2. The highest BCUT2D eigenvalue weighted by Gasteiger charge is 2.37. The molecular formula is C17H34N2O2. The first-order chi connectivity index (χ1) is 10.2. The summed E-state index contributed by atoms with van der Waals surface area (Å²) in [6.07, 6.45) is 7.14. The van der Waals surface area contributed by atoms with Crippen LogP contribution in [-0.4, -0.2) is 64.6 Å². The molecule has 0 aromatic carbocycles. The quantitative estimate of drug-likeness (QED) is 0.696. The number of hydrogen-bond acceptors (Lipinski definition) is 4. The Kier molecular flexibility index (Phi) is 6.93. The molecule has 1 atom stereocenters. The van der Waals surface area contributed by atoms with Crippen molar-refractivity contribution in [2.75, 3.05) is 53.6 Å². The maximum absolute atomic E-state index is 5.52. The Balaban J connectivity index is 1.86. The summed E-state index contributed by atoms with van der Waals surface area (Å²) >= 11 is 0. The van der Waals surface area contributed by atoms with Crippen LogP contribution in [0.15, 0.2) is 0 Å². The van der Waals surface area contributed by atoms with E-state index in [4.69, 9.17) is 9.47 Å². The van der Waals surface area contributed by atoms with E-state index in [1.165, 1.54) is 45.2 Å². The van der Waals surface area contributed by atoms with Gasteiger partial charge in [-0.15, -0.1) is 0 Å². The average Bonchev–Trinajstić information content (AvgIpc) is 2.94. The van der Waals surface area contributed by atoms with Crippen LogP contribution in [0, 0.1) is 11.3 Å². The Morgan fingerprint density at radius 2 is 1.95 bits per heavy atom. The molecule has 0 aromatic rings. The summed E-state index contributed by atoms with van der Waals surface area (Å²) in [4.78, 5) is 2.63. The van der Waals surface area contributed by atoms with E-state index in [1.807, 2.05) is 7.11 Å². The minimum atomic E-state index is 0.450. The molecule has 1 aliphatic heterocycles. The second kappa shape index (κ2) is 8.47. The Labute approximate surface area is 130 Å². The third-order valence-electron chi connectivity index (χ3n) is 5.44. The Morgan fingerprint density at radius 3 is 2.57 bits per heavy atom. The van der Waals surface area contributed by atoms with E-state index in [0.717, 1.165) is 32.2 Å². The summed E-state index contributed by atoms with van der Waals surface area (Å²) in [6.45, 7) is 8.87. The lowest BCUT2D eigenvalue weighted by Gasteiger charge is -2.42. The first-order valence-electron chi connectivity index (χ1n) is 8.62. The predicted molar refractivity (Wildman–Crippen MR) is 86.7 cm³/mol. The van der Waals surface area contributed by atoms with Gasteiger partial charge in [-0.1, -0.05) is 19.8 Å². The fraction of sp³-hybridized carbons (Fsp3) is 1.00. The van der Waals surface area contributed by atoms with Crippen LogP contribution >= 0.6 is 0 Å². The molecule has 124 valence electrons. The van der Waals surface area contributed by atoms with Crippen molar-refractivity contribution >= 4 is 0 Å². The van der Waals surface area contributed by atoms with Gasteiger partial charge in [0.25, 0.3) is 0 Å². The summed E-state index contributed by atoms with van der Waals surface area (Å²) in [7, 11) is 3.62. The molecule has 0 bridgehead atoms. The maximum atomic E-state index is 5.52. The van der Waals surface area contributed by atoms with Crippen molar-refractivity contribution in [3.63, 3.8) is 0 Å². The fourth-order valence-electron chi connectivity index (χ4n) is 3.90. The molecule has 1 saturated carbocycles. The van der Waals surface area contributed by atoms with Crippen molar-refractivity contribution in [1.82, 2.24) is 10.2 Å². The number of likely N-dealkylation sites (tertiary alicyclic amines) is 1. The van der Waals surface area contributed by atoms with Gasteiger partial charge in [0.1, 0.15) is 0 Å². The second-order valence-corrected chi connectivity index (χ2v) is 7.23. The molecule has 2 rings (SSSR count). The van der Waals surface area contributed by atoms with Gasteiger partial charge in [-0.3, -0.25) is 0 Å². The van der Waals surface area contributed by atoms with Crippen LogP contribution in [-0.2, 0) is 9.47 Å². The number of nitrogens with zero attached hydrogens (tertiary/aromatic N) is 1. The van der Waals surface area contributed by atoms with E-state index >= 15 is 0 Å². The number of rotatable bonds is 8. The van der Waals surface area contributed by atoms with Crippen LogP contribution in [0.3, 0.4) is 0 Å². The van der Waals surface area contributed by atoms with Gasteiger partial charge in [-0.05, 0) is 30.6 Å². The molecule has 0 aromatic heterocycles. The van der Waals surface area contributed by atoms with Gasteiger partial charge in [-0.25, -0.2) is 0 Å². The van der Waals surface area contributed by atoms with Crippen LogP contribution < -0.4 is 5.32 Å². The fourth-order valence-corrected chi connectivity index (χ4v) is 3.90. The van der Waals surface area contributed by atoms with E-state index in [-0.39, 0.29) is 0 Å². The number of nitrogens with one attached hydrogen (secondary N) is 1. The van der Waals surface area contributed by atoms with Gasteiger partial charge in [-0.2, -0.15) is 0 Å².